The second-order valence-corrected chi connectivity index (χ2v) is 9.92. The van der Waals surface area contributed by atoms with Gasteiger partial charge >= 0.3 is 0 Å². The molecule has 8 bridgehead atoms. The van der Waals surface area contributed by atoms with Gasteiger partial charge in [0.05, 0.1) is 0 Å². The molecular weight excluding hydrogens is 230 g/mol. The van der Waals surface area contributed by atoms with E-state index in [0.717, 1.165) is 29.6 Å². The van der Waals surface area contributed by atoms with Crippen LogP contribution >= 0.6 is 0 Å². The van der Waals surface area contributed by atoms with Crippen molar-refractivity contribution in [2.45, 2.75) is 65.3 Å². The molecule has 0 aromatic carbocycles. The monoisotopic (exact) mass is 259 g/mol. The van der Waals surface area contributed by atoms with Crippen LogP contribution in [0.2, 0.25) is 0 Å². The molecule has 0 amide bonds. The van der Waals surface area contributed by atoms with E-state index < -0.39 is 0 Å². The predicted octanol–water partition coefficient (Wildman–Crippen LogP) is 3.82. The molecular formula is C18H29N. The zero-order valence-corrected chi connectivity index (χ0v) is 12.8. The highest BCUT2D eigenvalue weighted by atomic mass is 14.8. The molecule has 7 aliphatic rings. The molecule has 106 valence electrons. The highest BCUT2D eigenvalue weighted by Gasteiger charge is 2.74. The summed E-state index contributed by atoms with van der Waals surface area (Å²) < 4.78 is 0. The fourth-order valence-electron chi connectivity index (χ4n) is 8.64. The van der Waals surface area contributed by atoms with E-state index in [4.69, 9.17) is 5.73 Å². The summed E-state index contributed by atoms with van der Waals surface area (Å²) in [5.41, 5.74) is 8.52. The third kappa shape index (κ3) is 1.08. The topological polar surface area (TPSA) is 26.0 Å². The zero-order valence-electron chi connectivity index (χ0n) is 12.8. The molecule has 0 heterocycles. The lowest BCUT2D eigenvalue weighted by molar-refractivity contribution is -0.300. The molecule has 7 rings (SSSR count). The van der Waals surface area contributed by atoms with Gasteiger partial charge in [0.1, 0.15) is 0 Å². The van der Waals surface area contributed by atoms with Crippen LogP contribution in [0.15, 0.2) is 0 Å². The molecule has 0 saturated heterocycles. The highest BCUT2D eigenvalue weighted by molar-refractivity contribution is 5.24. The van der Waals surface area contributed by atoms with E-state index in [1.807, 2.05) is 0 Å². The summed E-state index contributed by atoms with van der Waals surface area (Å²) in [6.07, 6.45) is 9.11. The molecule has 5 atom stereocenters. The average Bonchev–Trinajstić information content (AvgIpc) is 2.32. The summed E-state index contributed by atoms with van der Waals surface area (Å²) in [5.74, 6) is 5.16. The van der Waals surface area contributed by atoms with Gasteiger partial charge in [0.2, 0.25) is 0 Å². The van der Waals surface area contributed by atoms with Crippen molar-refractivity contribution in [1.29, 1.82) is 0 Å². The lowest BCUT2D eigenvalue weighted by atomic mass is 9.26. The van der Waals surface area contributed by atoms with E-state index in [9.17, 15) is 0 Å². The van der Waals surface area contributed by atoms with Gasteiger partial charge in [0, 0.05) is 6.04 Å². The Morgan fingerprint density at radius 2 is 1.37 bits per heavy atom. The van der Waals surface area contributed by atoms with E-state index in [1.165, 1.54) is 32.1 Å². The van der Waals surface area contributed by atoms with Crippen LogP contribution in [-0.4, -0.2) is 6.04 Å². The second kappa shape index (κ2) is 2.93. The SMILES string of the molecule is CC(N)C12CC3(C)CC4C5CC(C)(CC41)CC2C5C3. The van der Waals surface area contributed by atoms with Gasteiger partial charge in [-0.15, -0.1) is 0 Å². The van der Waals surface area contributed by atoms with E-state index in [0.29, 0.717) is 22.3 Å². The Morgan fingerprint density at radius 3 is 1.89 bits per heavy atom. The maximum absolute atomic E-state index is 6.64. The molecule has 7 fully saturated rings. The van der Waals surface area contributed by atoms with Gasteiger partial charge in [-0.2, -0.15) is 0 Å². The van der Waals surface area contributed by atoms with Crippen molar-refractivity contribution in [1.82, 2.24) is 0 Å². The van der Waals surface area contributed by atoms with E-state index in [2.05, 4.69) is 20.8 Å². The van der Waals surface area contributed by atoms with Crippen molar-refractivity contribution in [3.8, 4) is 0 Å². The first-order valence-electron chi connectivity index (χ1n) is 8.63. The number of hydrogen-bond acceptors (Lipinski definition) is 1. The molecule has 19 heavy (non-hydrogen) atoms. The summed E-state index contributed by atoms with van der Waals surface area (Å²) in [6, 6.07) is 0.427. The smallest absolute Gasteiger partial charge is 0.00727 e. The molecule has 0 aromatic rings. The average molecular weight is 259 g/mol. The fraction of sp³-hybridized carbons (Fsp3) is 1.00. The zero-order chi connectivity index (χ0) is 13.2. The normalized spacial score (nSPS) is 69.8. The van der Waals surface area contributed by atoms with E-state index >= 15 is 0 Å². The van der Waals surface area contributed by atoms with Crippen LogP contribution in [0.5, 0.6) is 0 Å². The first-order valence-corrected chi connectivity index (χ1v) is 8.63. The van der Waals surface area contributed by atoms with Gasteiger partial charge in [0.15, 0.2) is 0 Å². The van der Waals surface area contributed by atoms with Crippen LogP contribution < -0.4 is 5.73 Å². The Balaban J connectivity index is 1.72. The first-order chi connectivity index (χ1) is 8.87. The largest absolute Gasteiger partial charge is 0.327 e. The number of hydrogen-bond donors (Lipinski definition) is 1. The third-order valence-corrected chi connectivity index (χ3v) is 8.71. The maximum atomic E-state index is 6.64. The Bertz CT molecular complexity index is 427. The molecule has 0 spiro atoms. The molecule has 5 unspecified atom stereocenters. The minimum Gasteiger partial charge on any atom is -0.327 e. The highest BCUT2D eigenvalue weighted by Crippen LogP contribution is 2.81. The van der Waals surface area contributed by atoms with Crippen LogP contribution in [-0.2, 0) is 0 Å². The summed E-state index contributed by atoms with van der Waals surface area (Å²) in [7, 11) is 0. The number of nitrogens with two attached hydrogens (primary N) is 1. The van der Waals surface area contributed by atoms with Crippen molar-refractivity contribution in [3.63, 3.8) is 0 Å². The van der Waals surface area contributed by atoms with Gasteiger partial charge in [-0.1, -0.05) is 13.8 Å². The van der Waals surface area contributed by atoms with Crippen LogP contribution in [0.4, 0.5) is 0 Å². The summed E-state index contributed by atoms with van der Waals surface area (Å²) in [4.78, 5) is 0. The molecule has 7 saturated carbocycles. The van der Waals surface area contributed by atoms with Crippen molar-refractivity contribution < 1.29 is 0 Å². The Hall–Kier alpha value is -0.0400. The molecule has 7 aliphatic carbocycles. The van der Waals surface area contributed by atoms with Gasteiger partial charge in [-0.3, -0.25) is 0 Å². The molecule has 0 radical (unpaired) electrons. The predicted molar refractivity (Wildman–Crippen MR) is 77.4 cm³/mol. The summed E-state index contributed by atoms with van der Waals surface area (Å²) in [5, 5.41) is 0. The van der Waals surface area contributed by atoms with E-state index in [1.54, 1.807) is 6.42 Å². The van der Waals surface area contributed by atoms with Crippen molar-refractivity contribution in [3.05, 3.63) is 0 Å². The van der Waals surface area contributed by atoms with E-state index in [-0.39, 0.29) is 0 Å². The van der Waals surface area contributed by atoms with Gasteiger partial charge in [-0.05, 0) is 91.3 Å². The Kier molecular flexibility index (Phi) is 1.79. The van der Waals surface area contributed by atoms with Crippen molar-refractivity contribution in [2.75, 3.05) is 0 Å². The molecule has 2 N–H and O–H groups in total. The molecule has 1 nitrogen and oxygen atoms in total. The Labute approximate surface area is 117 Å². The fourth-order valence-corrected chi connectivity index (χ4v) is 8.64. The molecule has 0 aliphatic heterocycles. The quantitative estimate of drug-likeness (QED) is 0.761. The lowest BCUT2D eigenvalue weighted by Crippen LogP contribution is -2.74. The van der Waals surface area contributed by atoms with Crippen LogP contribution in [0.25, 0.3) is 0 Å². The standard InChI is InChI=1S/C18H29N/c1-10(19)18-9-17(3)5-12-11-4-16(2,7-14(12)18)8-15(18)13(11)6-17/h10-15H,4-9,19H2,1-3H3. The summed E-state index contributed by atoms with van der Waals surface area (Å²) >= 11 is 0. The van der Waals surface area contributed by atoms with Gasteiger partial charge < -0.3 is 5.73 Å². The van der Waals surface area contributed by atoms with Crippen LogP contribution in [0, 0.1) is 45.8 Å². The van der Waals surface area contributed by atoms with Crippen molar-refractivity contribution in [2.24, 2.45) is 51.6 Å². The third-order valence-electron chi connectivity index (χ3n) is 8.71. The maximum Gasteiger partial charge on any atom is 0.00727 e. The van der Waals surface area contributed by atoms with Crippen LogP contribution in [0.3, 0.4) is 0 Å². The minimum atomic E-state index is 0.427. The minimum absolute atomic E-state index is 0.427. The first kappa shape index (κ1) is 11.6. The summed E-state index contributed by atoms with van der Waals surface area (Å²) in [6.45, 7) is 7.53. The Morgan fingerprint density at radius 1 is 0.842 bits per heavy atom. The van der Waals surface area contributed by atoms with Crippen molar-refractivity contribution >= 4 is 0 Å². The molecule has 0 aromatic heterocycles. The number of rotatable bonds is 1. The molecule has 1 heteroatoms. The van der Waals surface area contributed by atoms with Crippen LogP contribution in [0.1, 0.15) is 59.3 Å². The van der Waals surface area contributed by atoms with Gasteiger partial charge in [0.25, 0.3) is 0 Å². The van der Waals surface area contributed by atoms with Gasteiger partial charge in [-0.25, -0.2) is 0 Å². The second-order valence-electron chi connectivity index (χ2n) is 9.92. The lowest BCUT2D eigenvalue weighted by Gasteiger charge is -2.79.